The number of aliphatic imine (C=N–C) groups is 1. The van der Waals surface area contributed by atoms with E-state index in [1.807, 2.05) is 0 Å². The van der Waals surface area contributed by atoms with Gasteiger partial charge in [0.25, 0.3) is 0 Å². The Kier molecular flexibility index (Phi) is 7.61. The quantitative estimate of drug-likeness (QED) is 0.601. The van der Waals surface area contributed by atoms with Crippen LogP contribution in [-0.2, 0) is 28.5 Å². The van der Waals surface area contributed by atoms with Crippen LogP contribution in [0.1, 0.15) is 27.7 Å². The molecule has 0 amide bonds. The van der Waals surface area contributed by atoms with Crippen molar-refractivity contribution in [2.75, 3.05) is 26.4 Å². The largest absolute Gasteiger partial charge is 0.478 e. The molecule has 0 fully saturated rings. The van der Waals surface area contributed by atoms with Gasteiger partial charge in [-0.1, -0.05) is 0 Å². The smallest absolute Gasteiger partial charge is 0.412 e. The number of rotatable bonds is 8. The van der Waals surface area contributed by atoms with E-state index in [4.69, 9.17) is 14.2 Å². The van der Waals surface area contributed by atoms with Crippen LogP contribution in [0.25, 0.3) is 0 Å². The molecule has 1 aliphatic heterocycles. The van der Waals surface area contributed by atoms with Crippen LogP contribution in [0.2, 0.25) is 0 Å². The molecule has 0 aromatic carbocycles. The number of ether oxygens (including phenoxy) is 4. The van der Waals surface area contributed by atoms with Gasteiger partial charge in [0, 0.05) is 12.8 Å². The molecule has 1 rings (SSSR count). The third-order valence-corrected chi connectivity index (χ3v) is 3.48. The van der Waals surface area contributed by atoms with Crippen LogP contribution in [-0.4, -0.2) is 56.9 Å². The highest BCUT2D eigenvalue weighted by molar-refractivity contribution is 6.03. The van der Waals surface area contributed by atoms with E-state index in [1.54, 1.807) is 6.92 Å². The van der Waals surface area contributed by atoms with Crippen molar-refractivity contribution in [2.45, 2.75) is 40.0 Å². The highest BCUT2D eigenvalue weighted by atomic mass is 19.4. The molecule has 2 atom stereocenters. The van der Waals surface area contributed by atoms with Gasteiger partial charge in [-0.05, 0) is 27.7 Å². The van der Waals surface area contributed by atoms with Crippen LogP contribution in [0.3, 0.4) is 0 Å². The number of halogens is 3. The molecule has 0 N–H and O–H groups in total. The van der Waals surface area contributed by atoms with Gasteiger partial charge in [0.15, 0.2) is 0 Å². The average Bonchev–Trinajstić information content (AvgIpc) is 2.55. The van der Waals surface area contributed by atoms with Crippen molar-refractivity contribution in [3.8, 4) is 0 Å². The van der Waals surface area contributed by atoms with E-state index in [9.17, 15) is 22.8 Å². The standard InChI is InChI=1S/C16H22F3NO6/c1-5-23-11-10(13(21)25-7-3)12(24-6-2)20-9-15(11,16(17,18)19)14(22)26-8-4/h9,11H,5-8H2,1-4H3. The van der Waals surface area contributed by atoms with E-state index in [1.165, 1.54) is 20.8 Å². The minimum absolute atomic E-state index is 0.0346. The fraction of sp³-hybridized carbons (Fsp3) is 0.688. The maximum absolute atomic E-state index is 14.0. The molecular weight excluding hydrogens is 359 g/mol. The SMILES string of the molecule is CCOC(=O)C1=C(OCC)N=CC(C(=O)OCC)(C(F)(F)F)C1OCC. The van der Waals surface area contributed by atoms with Crippen LogP contribution in [0.5, 0.6) is 0 Å². The number of nitrogens with zero attached hydrogens (tertiary/aromatic N) is 1. The number of alkyl halides is 3. The van der Waals surface area contributed by atoms with Gasteiger partial charge in [0.1, 0.15) is 11.7 Å². The molecule has 0 saturated carbocycles. The van der Waals surface area contributed by atoms with Crippen molar-refractivity contribution in [1.29, 1.82) is 0 Å². The minimum Gasteiger partial charge on any atom is -0.478 e. The molecule has 7 nitrogen and oxygen atoms in total. The molecule has 0 aliphatic carbocycles. The summed E-state index contributed by atoms with van der Waals surface area (Å²) in [6.45, 7) is 5.29. The second-order valence-corrected chi connectivity index (χ2v) is 5.05. The summed E-state index contributed by atoms with van der Waals surface area (Å²) in [5, 5.41) is 0. The van der Waals surface area contributed by atoms with Crippen LogP contribution in [0, 0.1) is 5.41 Å². The molecule has 1 heterocycles. The van der Waals surface area contributed by atoms with Gasteiger partial charge >= 0.3 is 18.1 Å². The summed E-state index contributed by atoms with van der Waals surface area (Å²) in [5.41, 5.74) is -3.90. The zero-order chi connectivity index (χ0) is 20.0. The Morgan fingerprint density at radius 3 is 2.15 bits per heavy atom. The summed E-state index contributed by atoms with van der Waals surface area (Å²) in [5.74, 6) is -3.11. The first-order chi connectivity index (χ1) is 12.2. The lowest BCUT2D eigenvalue weighted by Crippen LogP contribution is -2.59. The fourth-order valence-electron chi connectivity index (χ4n) is 2.42. The Hall–Kier alpha value is -2.10. The van der Waals surface area contributed by atoms with Crippen LogP contribution < -0.4 is 0 Å². The number of hydrogen-bond acceptors (Lipinski definition) is 7. The van der Waals surface area contributed by atoms with Crippen LogP contribution in [0.4, 0.5) is 13.2 Å². The predicted molar refractivity (Wildman–Crippen MR) is 84.3 cm³/mol. The molecule has 0 aromatic heterocycles. The van der Waals surface area contributed by atoms with Crippen molar-refractivity contribution in [1.82, 2.24) is 0 Å². The summed E-state index contributed by atoms with van der Waals surface area (Å²) in [4.78, 5) is 28.2. The second-order valence-electron chi connectivity index (χ2n) is 5.05. The molecular formula is C16H22F3NO6. The Morgan fingerprint density at radius 1 is 1.08 bits per heavy atom. The number of esters is 2. The van der Waals surface area contributed by atoms with Crippen molar-refractivity contribution in [3.63, 3.8) is 0 Å². The summed E-state index contributed by atoms with van der Waals surface area (Å²) in [6, 6.07) is 0. The number of carbonyl (C=O) groups excluding carboxylic acids is 2. The fourth-order valence-corrected chi connectivity index (χ4v) is 2.42. The molecule has 0 aromatic rings. The molecule has 2 unspecified atom stereocenters. The van der Waals surface area contributed by atoms with E-state index >= 15 is 0 Å². The van der Waals surface area contributed by atoms with E-state index in [0.29, 0.717) is 6.21 Å². The summed E-state index contributed by atoms with van der Waals surface area (Å²) in [7, 11) is 0. The van der Waals surface area contributed by atoms with Gasteiger partial charge in [-0.25, -0.2) is 9.79 Å². The van der Waals surface area contributed by atoms with Crippen LogP contribution in [0.15, 0.2) is 16.4 Å². The third kappa shape index (κ3) is 4.00. The molecule has 148 valence electrons. The van der Waals surface area contributed by atoms with Gasteiger partial charge in [-0.3, -0.25) is 4.79 Å². The van der Waals surface area contributed by atoms with Crippen molar-refractivity contribution >= 4 is 18.2 Å². The molecule has 10 heteroatoms. The van der Waals surface area contributed by atoms with Crippen LogP contribution >= 0.6 is 0 Å². The molecule has 0 radical (unpaired) electrons. The Balaban J connectivity index is 3.66. The molecule has 0 saturated heterocycles. The lowest BCUT2D eigenvalue weighted by atomic mass is 9.77. The lowest BCUT2D eigenvalue weighted by Gasteiger charge is -2.39. The Bertz CT molecular complexity index is 587. The monoisotopic (exact) mass is 381 g/mol. The lowest BCUT2D eigenvalue weighted by molar-refractivity contribution is -0.235. The van der Waals surface area contributed by atoms with Gasteiger partial charge < -0.3 is 18.9 Å². The first-order valence-corrected chi connectivity index (χ1v) is 8.15. The number of carbonyl (C=O) groups is 2. The van der Waals surface area contributed by atoms with E-state index in [-0.39, 0.29) is 32.3 Å². The normalized spacial score (nSPS) is 23.0. The Morgan fingerprint density at radius 2 is 1.69 bits per heavy atom. The summed E-state index contributed by atoms with van der Waals surface area (Å²) in [6.07, 6.45) is -6.82. The third-order valence-electron chi connectivity index (χ3n) is 3.48. The van der Waals surface area contributed by atoms with Gasteiger partial charge in [0.05, 0.1) is 19.8 Å². The highest BCUT2D eigenvalue weighted by Gasteiger charge is 2.69. The van der Waals surface area contributed by atoms with Gasteiger partial charge in [-0.2, -0.15) is 13.2 Å². The Labute approximate surface area is 149 Å². The molecule has 1 aliphatic rings. The zero-order valence-electron chi connectivity index (χ0n) is 15.0. The van der Waals surface area contributed by atoms with E-state index in [2.05, 4.69) is 9.73 Å². The predicted octanol–water partition coefficient (Wildman–Crippen LogP) is 2.40. The van der Waals surface area contributed by atoms with E-state index < -0.39 is 35.2 Å². The average molecular weight is 381 g/mol. The summed E-state index contributed by atoms with van der Waals surface area (Å²) >= 11 is 0. The van der Waals surface area contributed by atoms with Gasteiger partial charge in [-0.15, -0.1) is 0 Å². The summed E-state index contributed by atoms with van der Waals surface area (Å²) < 4.78 is 61.8. The number of hydrogen-bond donors (Lipinski definition) is 0. The minimum atomic E-state index is -5.14. The molecule has 26 heavy (non-hydrogen) atoms. The first kappa shape index (κ1) is 21.9. The highest BCUT2D eigenvalue weighted by Crippen LogP contribution is 2.47. The van der Waals surface area contributed by atoms with Crippen molar-refractivity contribution in [3.05, 3.63) is 11.5 Å². The maximum Gasteiger partial charge on any atom is 0.412 e. The molecule has 0 spiro atoms. The topological polar surface area (TPSA) is 83.4 Å². The maximum atomic E-state index is 14.0. The van der Waals surface area contributed by atoms with Crippen molar-refractivity contribution in [2.24, 2.45) is 10.4 Å². The van der Waals surface area contributed by atoms with Gasteiger partial charge in [0.2, 0.25) is 11.3 Å². The molecule has 0 bridgehead atoms. The zero-order valence-corrected chi connectivity index (χ0v) is 15.0. The second kappa shape index (κ2) is 9.02. The first-order valence-electron chi connectivity index (χ1n) is 8.15. The van der Waals surface area contributed by atoms with Crippen molar-refractivity contribution < 1.29 is 41.7 Å². The van der Waals surface area contributed by atoms with E-state index in [0.717, 1.165) is 0 Å².